The van der Waals surface area contributed by atoms with Crippen LogP contribution >= 0.6 is 0 Å². The van der Waals surface area contributed by atoms with E-state index in [0.29, 0.717) is 0 Å². The average molecular weight is 195 g/mol. The molecule has 2 rings (SSSR count). The average Bonchev–Trinajstić information content (AvgIpc) is 2.61. The molecule has 14 heavy (non-hydrogen) atoms. The summed E-state index contributed by atoms with van der Waals surface area (Å²) in [4.78, 5) is 0. The summed E-state index contributed by atoms with van der Waals surface area (Å²) in [5, 5.41) is 3.72. The van der Waals surface area contributed by atoms with Crippen LogP contribution in [0.2, 0.25) is 0 Å². The second-order valence-electron chi connectivity index (χ2n) is 5.24. The first-order valence-corrected chi connectivity index (χ1v) is 6.63. The lowest BCUT2D eigenvalue weighted by Gasteiger charge is -2.33. The molecule has 1 heteroatoms. The minimum atomic E-state index is 0.854. The van der Waals surface area contributed by atoms with Gasteiger partial charge in [-0.15, -0.1) is 0 Å². The number of rotatable bonds is 5. The summed E-state index contributed by atoms with van der Waals surface area (Å²) in [5.41, 5.74) is 0. The van der Waals surface area contributed by atoms with Gasteiger partial charge in [-0.3, -0.25) is 0 Å². The van der Waals surface area contributed by atoms with Crippen LogP contribution in [-0.2, 0) is 0 Å². The summed E-state index contributed by atoms with van der Waals surface area (Å²) < 4.78 is 0. The lowest BCUT2D eigenvalue weighted by Crippen LogP contribution is -2.37. The molecule has 0 spiro atoms. The number of nitrogens with one attached hydrogen (secondary N) is 1. The van der Waals surface area contributed by atoms with Crippen LogP contribution in [0.25, 0.3) is 0 Å². The third kappa shape index (κ3) is 2.50. The molecule has 1 unspecified atom stereocenters. The van der Waals surface area contributed by atoms with Crippen LogP contribution < -0.4 is 5.32 Å². The van der Waals surface area contributed by atoms with Crippen LogP contribution in [0.1, 0.15) is 58.3 Å². The van der Waals surface area contributed by atoms with E-state index in [1.54, 1.807) is 0 Å². The van der Waals surface area contributed by atoms with Gasteiger partial charge in [-0.2, -0.15) is 0 Å². The third-order valence-electron chi connectivity index (χ3n) is 4.25. The Labute approximate surface area is 88.7 Å². The second kappa shape index (κ2) is 5.16. The maximum Gasteiger partial charge on any atom is 0.00978 e. The van der Waals surface area contributed by atoms with Gasteiger partial charge in [-0.1, -0.05) is 39.0 Å². The Morgan fingerprint density at radius 1 is 1.07 bits per heavy atom. The van der Waals surface area contributed by atoms with Crippen LogP contribution in [0.4, 0.5) is 0 Å². The first-order chi connectivity index (χ1) is 6.90. The standard InChI is InChI=1S/C13H25N/c1-2-14-13(10-11-6-5-7-11)12-8-3-4-9-12/h11-14H,2-10H2,1H3. The minimum absolute atomic E-state index is 0.854. The summed E-state index contributed by atoms with van der Waals surface area (Å²) in [6, 6.07) is 0.854. The van der Waals surface area contributed by atoms with Crippen LogP contribution in [-0.4, -0.2) is 12.6 Å². The summed E-state index contributed by atoms with van der Waals surface area (Å²) in [7, 11) is 0. The molecule has 1 atom stereocenters. The van der Waals surface area contributed by atoms with Crippen molar-refractivity contribution in [3.05, 3.63) is 0 Å². The van der Waals surface area contributed by atoms with E-state index in [2.05, 4.69) is 12.2 Å². The van der Waals surface area contributed by atoms with Gasteiger partial charge in [0.2, 0.25) is 0 Å². The highest BCUT2D eigenvalue weighted by Crippen LogP contribution is 2.36. The zero-order valence-corrected chi connectivity index (χ0v) is 9.60. The molecule has 1 N–H and O–H groups in total. The Hall–Kier alpha value is -0.0400. The van der Waals surface area contributed by atoms with E-state index >= 15 is 0 Å². The van der Waals surface area contributed by atoms with Crippen LogP contribution in [0, 0.1) is 11.8 Å². The van der Waals surface area contributed by atoms with E-state index in [0.717, 1.165) is 24.4 Å². The number of hydrogen-bond acceptors (Lipinski definition) is 1. The van der Waals surface area contributed by atoms with Crippen molar-refractivity contribution in [2.75, 3.05) is 6.54 Å². The first kappa shape index (κ1) is 10.5. The second-order valence-corrected chi connectivity index (χ2v) is 5.24. The van der Waals surface area contributed by atoms with Crippen molar-refractivity contribution in [2.45, 2.75) is 64.3 Å². The van der Waals surface area contributed by atoms with Crippen molar-refractivity contribution in [2.24, 2.45) is 11.8 Å². The van der Waals surface area contributed by atoms with E-state index in [1.165, 1.54) is 51.4 Å². The molecule has 2 fully saturated rings. The van der Waals surface area contributed by atoms with Gasteiger partial charge in [0.25, 0.3) is 0 Å². The zero-order valence-electron chi connectivity index (χ0n) is 9.60. The van der Waals surface area contributed by atoms with E-state index in [1.807, 2.05) is 0 Å². The fourth-order valence-electron chi connectivity index (χ4n) is 3.15. The Kier molecular flexibility index (Phi) is 3.86. The van der Waals surface area contributed by atoms with Gasteiger partial charge in [0.05, 0.1) is 0 Å². The van der Waals surface area contributed by atoms with Crippen molar-refractivity contribution in [1.82, 2.24) is 5.32 Å². The van der Waals surface area contributed by atoms with E-state index in [-0.39, 0.29) is 0 Å². The maximum atomic E-state index is 3.72. The van der Waals surface area contributed by atoms with E-state index in [9.17, 15) is 0 Å². The first-order valence-electron chi connectivity index (χ1n) is 6.63. The van der Waals surface area contributed by atoms with Crippen LogP contribution in [0.5, 0.6) is 0 Å². The Morgan fingerprint density at radius 3 is 2.29 bits per heavy atom. The Balaban J connectivity index is 1.78. The molecule has 0 aromatic heterocycles. The highest BCUT2D eigenvalue weighted by Gasteiger charge is 2.28. The third-order valence-corrected chi connectivity index (χ3v) is 4.25. The molecule has 0 aromatic rings. The fraction of sp³-hybridized carbons (Fsp3) is 1.00. The molecule has 0 aliphatic heterocycles. The zero-order chi connectivity index (χ0) is 9.80. The Morgan fingerprint density at radius 2 is 1.79 bits per heavy atom. The van der Waals surface area contributed by atoms with Crippen molar-refractivity contribution in [1.29, 1.82) is 0 Å². The van der Waals surface area contributed by atoms with Gasteiger partial charge < -0.3 is 5.32 Å². The molecular weight excluding hydrogens is 170 g/mol. The monoisotopic (exact) mass is 195 g/mol. The molecule has 0 radical (unpaired) electrons. The maximum absolute atomic E-state index is 3.72. The van der Waals surface area contributed by atoms with Gasteiger partial charge in [-0.05, 0) is 37.6 Å². The lowest BCUT2D eigenvalue weighted by atomic mass is 9.78. The number of hydrogen-bond donors (Lipinski definition) is 1. The SMILES string of the molecule is CCNC(CC1CCC1)C1CCCC1. The van der Waals surface area contributed by atoms with Crippen molar-refractivity contribution in [3.8, 4) is 0 Å². The summed E-state index contributed by atoms with van der Waals surface area (Å²) in [5.74, 6) is 2.08. The largest absolute Gasteiger partial charge is 0.314 e. The van der Waals surface area contributed by atoms with Crippen molar-refractivity contribution >= 4 is 0 Å². The predicted octanol–water partition coefficient (Wildman–Crippen LogP) is 3.34. The molecule has 0 amide bonds. The molecule has 1 nitrogen and oxygen atoms in total. The molecule has 0 bridgehead atoms. The van der Waals surface area contributed by atoms with Crippen LogP contribution in [0.15, 0.2) is 0 Å². The van der Waals surface area contributed by atoms with Crippen LogP contribution in [0.3, 0.4) is 0 Å². The molecule has 0 heterocycles. The summed E-state index contributed by atoms with van der Waals surface area (Å²) >= 11 is 0. The molecule has 2 aliphatic rings. The summed E-state index contributed by atoms with van der Waals surface area (Å²) in [6.45, 7) is 3.41. The van der Waals surface area contributed by atoms with Gasteiger partial charge >= 0.3 is 0 Å². The highest BCUT2D eigenvalue weighted by atomic mass is 14.9. The highest BCUT2D eigenvalue weighted by molar-refractivity contribution is 4.84. The van der Waals surface area contributed by atoms with Crippen molar-refractivity contribution < 1.29 is 0 Å². The Bertz CT molecular complexity index is 157. The smallest absolute Gasteiger partial charge is 0.00978 e. The summed E-state index contributed by atoms with van der Waals surface area (Å²) in [6.07, 6.45) is 11.9. The molecule has 0 saturated heterocycles. The quantitative estimate of drug-likeness (QED) is 0.709. The van der Waals surface area contributed by atoms with E-state index < -0.39 is 0 Å². The molecular formula is C13H25N. The van der Waals surface area contributed by atoms with Gasteiger partial charge in [0.15, 0.2) is 0 Å². The molecule has 82 valence electrons. The van der Waals surface area contributed by atoms with Gasteiger partial charge in [0, 0.05) is 6.04 Å². The minimum Gasteiger partial charge on any atom is -0.314 e. The lowest BCUT2D eigenvalue weighted by molar-refractivity contribution is 0.224. The predicted molar refractivity (Wildman–Crippen MR) is 61.4 cm³/mol. The van der Waals surface area contributed by atoms with Crippen molar-refractivity contribution in [3.63, 3.8) is 0 Å². The molecule has 0 aromatic carbocycles. The van der Waals surface area contributed by atoms with E-state index in [4.69, 9.17) is 0 Å². The molecule has 2 aliphatic carbocycles. The normalized spacial score (nSPS) is 26.4. The topological polar surface area (TPSA) is 12.0 Å². The van der Waals surface area contributed by atoms with Gasteiger partial charge in [-0.25, -0.2) is 0 Å². The molecule has 2 saturated carbocycles. The van der Waals surface area contributed by atoms with Gasteiger partial charge in [0.1, 0.15) is 0 Å². The fourth-order valence-corrected chi connectivity index (χ4v) is 3.15.